The fourth-order valence-corrected chi connectivity index (χ4v) is 4.11. The van der Waals surface area contributed by atoms with Gasteiger partial charge in [-0.1, -0.05) is 47.2 Å². The van der Waals surface area contributed by atoms with Gasteiger partial charge in [0.15, 0.2) is 0 Å². The number of amides is 1. The van der Waals surface area contributed by atoms with Crippen molar-refractivity contribution in [3.63, 3.8) is 0 Å². The second kappa shape index (κ2) is 9.76. The molecule has 1 amide bonds. The van der Waals surface area contributed by atoms with Gasteiger partial charge in [0.25, 0.3) is 0 Å². The summed E-state index contributed by atoms with van der Waals surface area (Å²) in [4.78, 5) is 12.4. The maximum Gasteiger partial charge on any atom is 0.228 e. The van der Waals surface area contributed by atoms with Crippen molar-refractivity contribution in [1.82, 2.24) is 10.2 Å². The molecule has 1 heterocycles. The number of benzene rings is 3. The number of halogens is 2. The van der Waals surface area contributed by atoms with E-state index in [0.29, 0.717) is 37.8 Å². The summed E-state index contributed by atoms with van der Waals surface area (Å²) in [5.74, 6) is -0.551. The third-order valence-electron chi connectivity index (χ3n) is 4.70. The van der Waals surface area contributed by atoms with Gasteiger partial charge in [0.05, 0.1) is 17.1 Å². The number of nitrogen functional groups attached to an aromatic ring is 1. The maximum absolute atomic E-state index is 13.0. The standard InChI is InChI=1S/C23H18ClFN6OS/c24-21-17(12-26)18(27)8-9-19(21)29-23-31-30-22(33-23)14-2-1-3-16(11-14)28-20(32)10-13-4-6-15(25)7-5-13/h1-9,11-12,26H,10,27H2,(H,28,32)(H,29,31). The molecule has 0 atom stereocenters. The second-order valence-electron chi connectivity index (χ2n) is 7.04. The molecule has 5 N–H and O–H groups in total. The number of nitrogens with one attached hydrogen (secondary N) is 3. The third-order valence-corrected chi connectivity index (χ3v) is 5.99. The van der Waals surface area contributed by atoms with Crippen LogP contribution in [-0.2, 0) is 11.2 Å². The molecule has 0 unspecified atom stereocenters. The van der Waals surface area contributed by atoms with Gasteiger partial charge in [-0.15, -0.1) is 10.2 Å². The molecular weight excluding hydrogens is 463 g/mol. The molecule has 4 rings (SSSR count). The molecule has 0 aliphatic rings. The monoisotopic (exact) mass is 480 g/mol. The van der Waals surface area contributed by atoms with E-state index in [1.165, 1.54) is 23.5 Å². The van der Waals surface area contributed by atoms with E-state index in [1.807, 2.05) is 12.1 Å². The summed E-state index contributed by atoms with van der Waals surface area (Å²) in [6.07, 6.45) is 1.24. The Morgan fingerprint density at radius 2 is 1.94 bits per heavy atom. The van der Waals surface area contributed by atoms with Gasteiger partial charge in [0.1, 0.15) is 10.8 Å². The number of carbonyl (C=O) groups is 1. The molecule has 0 fully saturated rings. The van der Waals surface area contributed by atoms with Crippen LogP contribution in [-0.4, -0.2) is 22.3 Å². The Hall–Kier alpha value is -3.82. The fourth-order valence-electron chi connectivity index (χ4n) is 3.08. The van der Waals surface area contributed by atoms with Crippen molar-refractivity contribution in [2.45, 2.75) is 6.42 Å². The van der Waals surface area contributed by atoms with E-state index in [-0.39, 0.29) is 18.1 Å². The number of nitrogens with two attached hydrogens (primary N) is 1. The average molecular weight is 481 g/mol. The largest absolute Gasteiger partial charge is 0.398 e. The Kier molecular flexibility index (Phi) is 6.62. The number of rotatable bonds is 7. The summed E-state index contributed by atoms with van der Waals surface area (Å²) in [5, 5.41) is 23.3. The van der Waals surface area contributed by atoms with Gasteiger partial charge < -0.3 is 21.8 Å². The summed E-state index contributed by atoms with van der Waals surface area (Å²) < 4.78 is 13.0. The van der Waals surface area contributed by atoms with Crippen molar-refractivity contribution in [3.05, 3.63) is 82.6 Å². The predicted molar refractivity (Wildman–Crippen MR) is 131 cm³/mol. The molecule has 0 aliphatic carbocycles. The third kappa shape index (κ3) is 5.33. The zero-order valence-electron chi connectivity index (χ0n) is 17.1. The molecule has 4 aromatic rings. The Balaban J connectivity index is 1.46. The Labute approximate surface area is 198 Å². The summed E-state index contributed by atoms with van der Waals surface area (Å²) in [6, 6.07) is 16.4. The lowest BCUT2D eigenvalue weighted by Gasteiger charge is -2.09. The maximum atomic E-state index is 13.0. The second-order valence-corrected chi connectivity index (χ2v) is 8.40. The minimum atomic E-state index is -0.341. The molecule has 3 aromatic carbocycles. The van der Waals surface area contributed by atoms with Crippen molar-refractivity contribution in [2.75, 3.05) is 16.4 Å². The molecule has 0 radical (unpaired) electrons. The van der Waals surface area contributed by atoms with Crippen LogP contribution >= 0.6 is 22.9 Å². The highest BCUT2D eigenvalue weighted by Crippen LogP contribution is 2.34. The van der Waals surface area contributed by atoms with E-state index < -0.39 is 0 Å². The minimum Gasteiger partial charge on any atom is -0.398 e. The summed E-state index contributed by atoms with van der Waals surface area (Å²) in [6.45, 7) is 0. The lowest BCUT2D eigenvalue weighted by molar-refractivity contribution is -0.115. The molecule has 166 valence electrons. The highest BCUT2D eigenvalue weighted by molar-refractivity contribution is 7.18. The van der Waals surface area contributed by atoms with Crippen LogP contribution in [0.2, 0.25) is 5.02 Å². The van der Waals surface area contributed by atoms with Crippen LogP contribution in [0.25, 0.3) is 10.6 Å². The van der Waals surface area contributed by atoms with Gasteiger partial charge in [-0.05, 0) is 42.0 Å². The van der Waals surface area contributed by atoms with Gasteiger partial charge in [-0.3, -0.25) is 4.79 Å². The summed E-state index contributed by atoms with van der Waals surface area (Å²) in [7, 11) is 0. The normalized spacial score (nSPS) is 10.6. The van der Waals surface area contributed by atoms with Crippen LogP contribution in [0.3, 0.4) is 0 Å². The minimum absolute atomic E-state index is 0.136. The van der Waals surface area contributed by atoms with Gasteiger partial charge in [-0.2, -0.15) is 0 Å². The van der Waals surface area contributed by atoms with Crippen LogP contribution < -0.4 is 16.4 Å². The van der Waals surface area contributed by atoms with E-state index in [2.05, 4.69) is 20.8 Å². The Morgan fingerprint density at radius 3 is 2.70 bits per heavy atom. The first-order chi connectivity index (χ1) is 15.9. The number of carbonyl (C=O) groups excluding carboxylic acids is 1. The van der Waals surface area contributed by atoms with Gasteiger partial charge >= 0.3 is 0 Å². The molecule has 33 heavy (non-hydrogen) atoms. The molecule has 0 aliphatic heterocycles. The van der Waals surface area contributed by atoms with Crippen molar-refractivity contribution in [2.24, 2.45) is 0 Å². The molecule has 0 spiro atoms. The fraction of sp³-hybridized carbons (Fsp3) is 0.0435. The smallest absolute Gasteiger partial charge is 0.228 e. The number of hydrogen-bond acceptors (Lipinski definition) is 7. The number of anilines is 4. The van der Waals surface area contributed by atoms with Gasteiger partial charge in [0, 0.05) is 28.7 Å². The molecule has 0 saturated carbocycles. The predicted octanol–water partition coefficient (Wildman–Crippen LogP) is 5.50. The van der Waals surface area contributed by atoms with E-state index in [9.17, 15) is 9.18 Å². The number of aromatic nitrogens is 2. The van der Waals surface area contributed by atoms with Gasteiger partial charge in [-0.25, -0.2) is 4.39 Å². The Bertz CT molecular complexity index is 1330. The topological polar surface area (TPSA) is 117 Å². The number of hydrogen-bond donors (Lipinski definition) is 4. The highest BCUT2D eigenvalue weighted by Gasteiger charge is 2.13. The van der Waals surface area contributed by atoms with Crippen LogP contribution in [0.4, 0.5) is 26.6 Å². The van der Waals surface area contributed by atoms with Crippen molar-refractivity contribution < 1.29 is 9.18 Å². The summed E-state index contributed by atoms with van der Waals surface area (Å²) >= 11 is 7.64. The number of nitrogens with zero attached hydrogens (tertiary/aromatic N) is 2. The molecule has 7 nitrogen and oxygen atoms in total. The first-order valence-electron chi connectivity index (χ1n) is 9.76. The van der Waals surface area contributed by atoms with Crippen molar-refractivity contribution in [1.29, 1.82) is 5.41 Å². The molecular formula is C23H18ClFN6OS. The van der Waals surface area contributed by atoms with E-state index >= 15 is 0 Å². The van der Waals surface area contributed by atoms with Crippen molar-refractivity contribution >= 4 is 57.3 Å². The first-order valence-corrected chi connectivity index (χ1v) is 11.0. The lowest BCUT2D eigenvalue weighted by Crippen LogP contribution is -2.14. The molecule has 0 saturated heterocycles. The lowest BCUT2D eigenvalue weighted by atomic mass is 10.1. The zero-order valence-corrected chi connectivity index (χ0v) is 18.7. The van der Waals surface area contributed by atoms with Gasteiger partial charge in [0.2, 0.25) is 11.0 Å². The first kappa shape index (κ1) is 22.4. The highest BCUT2D eigenvalue weighted by atomic mass is 35.5. The molecule has 0 bridgehead atoms. The zero-order chi connectivity index (χ0) is 23.4. The quantitative estimate of drug-likeness (QED) is 0.206. The van der Waals surface area contributed by atoms with Crippen LogP contribution in [0, 0.1) is 11.2 Å². The van der Waals surface area contributed by atoms with Crippen LogP contribution in [0.15, 0.2) is 60.7 Å². The Morgan fingerprint density at radius 1 is 1.15 bits per heavy atom. The van der Waals surface area contributed by atoms with E-state index in [1.54, 1.807) is 36.4 Å². The van der Waals surface area contributed by atoms with Crippen LogP contribution in [0.1, 0.15) is 11.1 Å². The van der Waals surface area contributed by atoms with Crippen molar-refractivity contribution in [3.8, 4) is 10.6 Å². The van der Waals surface area contributed by atoms with E-state index in [4.69, 9.17) is 22.7 Å². The van der Waals surface area contributed by atoms with E-state index in [0.717, 1.165) is 17.3 Å². The summed E-state index contributed by atoms with van der Waals surface area (Å²) in [5.41, 5.74) is 9.36. The molecule has 1 aromatic heterocycles. The average Bonchev–Trinajstić information content (AvgIpc) is 3.26. The van der Waals surface area contributed by atoms with Crippen LogP contribution in [0.5, 0.6) is 0 Å². The SMILES string of the molecule is N=Cc1c(N)ccc(Nc2nnc(-c3cccc(NC(=O)Cc4ccc(F)cc4)c3)s2)c1Cl. The molecule has 10 heteroatoms.